The number of hydrogen-bond donors (Lipinski definition) is 3. The molecule has 7 nitrogen and oxygen atoms in total. The molecule has 1 aromatic carbocycles. The van der Waals surface area contributed by atoms with Gasteiger partial charge in [0.2, 0.25) is 0 Å². The van der Waals surface area contributed by atoms with Crippen molar-refractivity contribution in [3.05, 3.63) is 53.7 Å². The minimum absolute atomic E-state index is 0.0772. The van der Waals surface area contributed by atoms with E-state index < -0.39 is 5.82 Å². The SMILES string of the molecule is COc1c(F)cccc1Nc1c(-c2ccncc2OI)[nH]c2c1C(=O)N[C@@H]([I-]CI)C2. The first-order chi connectivity index (χ1) is 15.1. The molecule has 0 bridgehead atoms. The number of H-pyrrole nitrogens is 1. The number of pyridine rings is 1. The Hall–Kier alpha value is -1.36. The van der Waals surface area contributed by atoms with Crippen molar-refractivity contribution in [2.24, 2.45) is 0 Å². The van der Waals surface area contributed by atoms with Gasteiger partial charge >= 0.3 is 218 Å². The first-order valence-corrected chi connectivity index (χ1v) is 14.3. The summed E-state index contributed by atoms with van der Waals surface area (Å²) in [6.07, 6.45) is 3.99. The van der Waals surface area contributed by atoms with Gasteiger partial charge in [-0.05, 0) is 0 Å². The summed E-state index contributed by atoms with van der Waals surface area (Å²) in [6.45, 7) is 0. The average molecular weight is 761 g/mol. The van der Waals surface area contributed by atoms with Crippen molar-refractivity contribution in [3.63, 3.8) is 0 Å². The number of hydrogen-bond acceptors (Lipinski definition) is 5. The van der Waals surface area contributed by atoms with Gasteiger partial charge in [0.1, 0.15) is 0 Å². The monoisotopic (exact) mass is 761 g/mol. The van der Waals surface area contributed by atoms with Gasteiger partial charge in [0.05, 0.1) is 0 Å². The number of para-hydroxylation sites is 1. The zero-order valence-electron chi connectivity index (χ0n) is 16.1. The molecule has 1 aliphatic heterocycles. The molecule has 1 amide bonds. The van der Waals surface area contributed by atoms with E-state index in [1.54, 1.807) is 47.5 Å². The molecule has 164 valence electrons. The Morgan fingerprint density at radius 2 is 2.23 bits per heavy atom. The second-order valence-electron chi connectivity index (χ2n) is 6.52. The number of aromatic nitrogens is 2. The van der Waals surface area contributed by atoms with Gasteiger partial charge in [-0.1, -0.05) is 0 Å². The van der Waals surface area contributed by atoms with Crippen LogP contribution in [0, 0.1) is 5.82 Å². The van der Waals surface area contributed by atoms with E-state index in [0.29, 0.717) is 28.4 Å². The van der Waals surface area contributed by atoms with Crippen molar-refractivity contribution in [1.29, 1.82) is 0 Å². The van der Waals surface area contributed by atoms with Crippen molar-refractivity contribution < 1.29 is 38.2 Å². The standard InChI is InChI=1S/C20H17FI3N4O3/c1-30-19-11(21)3-2-4-12(19)26-18-16-13(7-15(24-9-22)28-20(16)29)27-17(18)10-5-6-25-8-14(10)31-23/h2-6,8,15,26-27H,7,9H2,1H3,(H,28,29)/q-1/t15-/m1/s1. The number of ether oxygens (including phenoxy) is 1. The van der Waals surface area contributed by atoms with Crippen LogP contribution in [0.4, 0.5) is 15.8 Å². The molecule has 1 atom stereocenters. The van der Waals surface area contributed by atoms with Crippen LogP contribution in [-0.4, -0.2) is 29.5 Å². The van der Waals surface area contributed by atoms with Gasteiger partial charge < -0.3 is 0 Å². The Morgan fingerprint density at radius 1 is 1.39 bits per heavy atom. The van der Waals surface area contributed by atoms with E-state index in [9.17, 15) is 9.18 Å². The molecule has 3 N–H and O–H groups in total. The summed E-state index contributed by atoms with van der Waals surface area (Å²) < 4.78 is 26.2. The van der Waals surface area contributed by atoms with Crippen LogP contribution in [0.25, 0.3) is 11.3 Å². The third-order valence-corrected chi connectivity index (χ3v) is 9.64. The van der Waals surface area contributed by atoms with Crippen molar-refractivity contribution in [2.45, 2.75) is 10.5 Å². The number of carbonyl (C=O) groups is 1. The molecule has 0 aliphatic carbocycles. The second-order valence-corrected chi connectivity index (χ2v) is 13.8. The molecule has 0 fully saturated rings. The quantitative estimate of drug-likeness (QED) is 0.195. The molecule has 3 aromatic rings. The molecule has 0 saturated heterocycles. The van der Waals surface area contributed by atoms with Gasteiger partial charge in [0, 0.05) is 0 Å². The number of aromatic amines is 1. The van der Waals surface area contributed by atoms with Crippen molar-refractivity contribution >= 4 is 62.9 Å². The number of nitrogens with one attached hydrogen (secondary N) is 3. The van der Waals surface area contributed by atoms with E-state index in [4.69, 9.17) is 7.80 Å². The summed E-state index contributed by atoms with van der Waals surface area (Å²) in [6, 6.07) is 6.43. The van der Waals surface area contributed by atoms with Gasteiger partial charge in [-0.3, -0.25) is 0 Å². The Bertz CT molecular complexity index is 1130. The molecular weight excluding hydrogens is 744 g/mol. The van der Waals surface area contributed by atoms with E-state index in [-0.39, 0.29) is 36.9 Å². The summed E-state index contributed by atoms with van der Waals surface area (Å²) in [4.78, 5) is 20.6. The van der Waals surface area contributed by atoms with Gasteiger partial charge in [-0.25, -0.2) is 0 Å². The second kappa shape index (κ2) is 10.1. The molecule has 0 unspecified atom stereocenters. The van der Waals surface area contributed by atoms with Crippen molar-refractivity contribution in [1.82, 2.24) is 15.3 Å². The third-order valence-electron chi connectivity index (χ3n) is 4.79. The fraction of sp³-hybridized carbons (Fsp3) is 0.200. The van der Waals surface area contributed by atoms with E-state index in [0.717, 1.165) is 20.1 Å². The summed E-state index contributed by atoms with van der Waals surface area (Å²) in [5, 5.41) is 6.37. The van der Waals surface area contributed by atoms with Gasteiger partial charge in [-0.2, -0.15) is 0 Å². The van der Waals surface area contributed by atoms with Crippen LogP contribution < -0.4 is 39.6 Å². The average Bonchev–Trinajstić information content (AvgIpc) is 3.12. The maximum atomic E-state index is 14.3. The van der Waals surface area contributed by atoms with Gasteiger partial charge in [0.25, 0.3) is 0 Å². The summed E-state index contributed by atoms with van der Waals surface area (Å²) >= 11 is 3.99. The van der Waals surface area contributed by atoms with Crippen LogP contribution in [0.3, 0.4) is 0 Å². The number of amides is 1. The topological polar surface area (TPSA) is 88.3 Å². The van der Waals surface area contributed by atoms with Crippen LogP contribution in [-0.2, 0) is 6.42 Å². The number of methoxy groups -OCH3 is 1. The first-order valence-electron chi connectivity index (χ1n) is 9.09. The van der Waals surface area contributed by atoms with Crippen LogP contribution in [0.5, 0.6) is 11.5 Å². The number of anilines is 2. The molecule has 0 radical (unpaired) electrons. The Morgan fingerprint density at radius 3 is 2.97 bits per heavy atom. The molecule has 3 heterocycles. The number of fused-ring (bicyclic) bond motifs is 1. The van der Waals surface area contributed by atoms with Crippen molar-refractivity contribution in [3.8, 4) is 22.8 Å². The number of nitrogens with zero attached hydrogens (tertiary/aromatic N) is 1. The number of alkyl halides is 3. The number of carbonyl (C=O) groups excluding carboxylic acids is 1. The van der Waals surface area contributed by atoms with E-state index >= 15 is 0 Å². The maximum absolute atomic E-state index is 14.3. The van der Waals surface area contributed by atoms with Crippen LogP contribution >= 0.6 is 45.6 Å². The first kappa shape index (κ1) is 22.8. The summed E-state index contributed by atoms with van der Waals surface area (Å²) in [5.74, 6) is -0.0157. The van der Waals surface area contributed by atoms with Crippen molar-refractivity contribution in [2.75, 3.05) is 14.9 Å². The van der Waals surface area contributed by atoms with Gasteiger partial charge in [-0.15, -0.1) is 0 Å². The fourth-order valence-corrected chi connectivity index (χ4v) is 8.19. The molecule has 4 rings (SSSR count). The van der Waals surface area contributed by atoms with Crippen LogP contribution in [0.15, 0.2) is 36.7 Å². The number of halogens is 4. The fourth-order valence-electron chi connectivity index (χ4n) is 3.49. The molecule has 1 aliphatic rings. The zero-order chi connectivity index (χ0) is 22.0. The summed E-state index contributed by atoms with van der Waals surface area (Å²) in [5.41, 5.74) is 3.75. The Kier molecular flexibility index (Phi) is 7.40. The summed E-state index contributed by atoms with van der Waals surface area (Å²) in [7, 11) is 1.41. The predicted octanol–water partition coefficient (Wildman–Crippen LogP) is 1.79. The molecule has 0 saturated carbocycles. The van der Waals surface area contributed by atoms with Crippen LogP contribution in [0.1, 0.15) is 16.1 Å². The zero-order valence-corrected chi connectivity index (χ0v) is 22.6. The third kappa shape index (κ3) is 4.58. The molecular formula is C20H17FI3N4O3-. The van der Waals surface area contributed by atoms with Crippen LogP contribution in [0.2, 0.25) is 0 Å². The van der Waals surface area contributed by atoms with E-state index in [1.807, 2.05) is 6.07 Å². The molecule has 11 heteroatoms. The number of benzene rings is 1. The minimum atomic E-state index is -0.491. The normalized spacial score (nSPS) is 15.4. The van der Waals surface area contributed by atoms with Gasteiger partial charge in [0.15, 0.2) is 0 Å². The Balaban J connectivity index is 1.89. The predicted molar refractivity (Wildman–Crippen MR) is 129 cm³/mol. The van der Waals surface area contributed by atoms with E-state index in [2.05, 4.69) is 43.2 Å². The number of rotatable bonds is 7. The molecule has 31 heavy (non-hydrogen) atoms. The molecule has 2 aromatic heterocycles. The Labute approximate surface area is 216 Å². The molecule has 0 spiro atoms. The van der Waals surface area contributed by atoms with E-state index in [1.165, 1.54) is 13.2 Å².